The minimum Gasteiger partial charge on any atom is -0.482 e. The maximum absolute atomic E-state index is 12.0. The first-order valence-corrected chi connectivity index (χ1v) is 9.24. The lowest BCUT2D eigenvalue weighted by atomic mass is 10.2. The minimum atomic E-state index is -0.876. The number of ether oxygens (including phenoxy) is 1. The number of nitrogens with zero attached hydrogens (tertiary/aromatic N) is 1. The van der Waals surface area contributed by atoms with Crippen molar-refractivity contribution in [3.8, 4) is 5.75 Å². The van der Waals surface area contributed by atoms with Gasteiger partial charge in [-0.05, 0) is 42.8 Å². The van der Waals surface area contributed by atoms with Crippen LogP contribution in [0.25, 0.3) is 0 Å². The van der Waals surface area contributed by atoms with Gasteiger partial charge in [-0.2, -0.15) is 5.10 Å². The Kier molecular flexibility index (Phi) is 8.45. The Balaban J connectivity index is 1.88. The Hall–Kier alpha value is -3.10. The van der Waals surface area contributed by atoms with Gasteiger partial charge in [-0.1, -0.05) is 35.3 Å². The topological polar surface area (TPSA) is 109 Å². The zero-order valence-electron chi connectivity index (χ0n) is 15.4. The van der Waals surface area contributed by atoms with E-state index in [2.05, 4.69) is 21.2 Å². The third-order valence-corrected chi connectivity index (χ3v) is 4.01. The number of para-hydroxylation sites is 1. The molecule has 0 fully saturated rings. The molecule has 10 heteroatoms. The van der Waals surface area contributed by atoms with Crippen molar-refractivity contribution in [1.82, 2.24) is 10.7 Å². The zero-order valence-corrected chi connectivity index (χ0v) is 16.9. The van der Waals surface area contributed by atoms with Crippen molar-refractivity contribution >= 4 is 52.8 Å². The van der Waals surface area contributed by atoms with E-state index in [9.17, 15) is 14.4 Å². The van der Waals surface area contributed by atoms with Gasteiger partial charge in [0.2, 0.25) is 0 Å². The molecule has 0 bridgehead atoms. The van der Waals surface area contributed by atoms with Crippen molar-refractivity contribution in [2.24, 2.45) is 5.10 Å². The van der Waals surface area contributed by atoms with Gasteiger partial charge in [-0.3, -0.25) is 14.4 Å². The van der Waals surface area contributed by atoms with E-state index in [0.717, 1.165) is 0 Å². The number of carbonyl (C=O) groups excluding carboxylic acids is 3. The van der Waals surface area contributed by atoms with Crippen molar-refractivity contribution in [3.63, 3.8) is 0 Å². The Bertz CT molecular complexity index is 934. The average Bonchev–Trinajstić information content (AvgIpc) is 2.69. The molecule has 8 nitrogen and oxygen atoms in total. The Morgan fingerprint density at radius 2 is 1.83 bits per heavy atom. The molecule has 0 aliphatic rings. The van der Waals surface area contributed by atoms with Crippen molar-refractivity contribution < 1.29 is 19.1 Å². The summed E-state index contributed by atoms with van der Waals surface area (Å²) in [6, 6.07) is 11.5. The molecule has 3 amide bonds. The standard InChI is InChI=1S/C19H18Cl2N4O4/c1-2-22-18(27)19(28)25-23-10-12-7-8-16(14(21)9-12)29-11-17(26)24-15-6-4-3-5-13(15)20/h3-10H,2,11H2,1H3,(H,22,27)(H,24,26)(H,25,28)/b23-10-. The number of amides is 3. The Morgan fingerprint density at radius 1 is 1.07 bits per heavy atom. The Labute approximate surface area is 177 Å². The predicted molar refractivity (Wildman–Crippen MR) is 111 cm³/mol. The van der Waals surface area contributed by atoms with Crippen LogP contribution < -0.4 is 20.8 Å². The van der Waals surface area contributed by atoms with Crippen LogP contribution in [0.5, 0.6) is 5.75 Å². The van der Waals surface area contributed by atoms with Gasteiger partial charge in [-0.25, -0.2) is 5.43 Å². The summed E-state index contributed by atoms with van der Waals surface area (Å²) in [5.41, 5.74) is 3.13. The molecule has 0 spiro atoms. The van der Waals surface area contributed by atoms with E-state index in [1.54, 1.807) is 43.3 Å². The number of hydrogen-bond donors (Lipinski definition) is 3. The van der Waals surface area contributed by atoms with Gasteiger partial charge in [0.15, 0.2) is 6.61 Å². The maximum Gasteiger partial charge on any atom is 0.329 e. The summed E-state index contributed by atoms with van der Waals surface area (Å²) in [6.45, 7) is 1.77. The van der Waals surface area contributed by atoms with Gasteiger partial charge in [0.1, 0.15) is 5.75 Å². The first-order chi connectivity index (χ1) is 13.9. The van der Waals surface area contributed by atoms with Crippen molar-refractivity contribution in [1.29, 1.82) is 0 Å². The molecule has 29 heavy (non-hydrogen) atoms. The zero-order chi connectivity index (χ0) is 21.2. The lowest BCUT2D eigenvalue weighted by Gasteiger charge is -2.10. The number of rotatable bonds is 7. The molecule has 0 aliphatic carbocycles. The van der Waals surface area contributed by atoms with E-state index < -0.39 is 17.7 Å². The molecular weight excluding hydrogens is 419 g/mol. The number of anilines is 1. The fourth-order valence-corrected chi connectivity index (χ4v) is 2.49. The van der Waals surface area contributed by atoms with Crippen LogP contribution in [0.3, 0.4) is 0 Å². The lowest BCUT2D eigenvalue weighted by molar-refractivity contribution is -0.139. The molecule has 3 N–H and O–H groups in total. The van der Waals surface area contributed by atoms with Crippen LogP contribution in [0, 0.1) is 0 Å². The highest BCUT2D eigenvalue weighted by molar-refractivity contribution is 6.35. The van der Waals surface area contributed by atoms with E-state index in [-0.39, 0.29) is 11.6 Å². The molecule has 0 aliphatic heterocycles. The SMILES string of the molecule is CCNC(=O)C(=O)N/N=C\c1ccc(OCC(=O)Nc2ccccc2Cl)c(Cl)c1. The van der Waals surface area contributed by atoms with Gasteiger partial charge < -0.3 is 15.4 Å². The van der Waals surface area contributed by atoms with E-state index in [1.807, 2.05) is 0 Å². The molecule has 152 valence electrons. The monoisotopic (exact) mass is 436 g/mol. The van der Waals surface area contributed by atoms with E-state index in [4.69, 9.17) is 27.9 Å². The van der Waals surface area contributed by atoms with E-state index in [1.165, 1.54) is 12.3 Å². The third-order valence-electron chi connectivity index (χ3n) is 3.39. The summed E-state index contributed by atoms with van der Waals surface area (Å²) < 4.78 is 5.41. The highest BCUT2D eigenvalue weighted by Gasteiger charge is 2.11. The molecule has 0 unspecified atom stereocenters. The number of carbonyl (C=O) groups is 3. The van der Waals surface area contributed by atoms with E-state index >= 15 is 0 Å². The summed E-state index contributed by atoms with van der Waals surface area (Å²) in [4.78, 5) is 34.7. The van der Waals surface area contributed by atoms with Gasteiger partial charge in [0.05, 0.1) is 21.9 Å². The second-order valence-electron chi connectivity index (χ2n) is 5.57. The molecule has 2 aromatic rings. The summed E-state index contributed by atoms with van der Waals surface area (Å²) in [6.07, 6.45) is 1.32. The smallest absolute Gasteiger partial charge is 0.329 e. The normalized spacial score (nSPS) is 10.4. The second kappa shape index (κ2) is 11.0. The molecule has 0 saturated carbocycles. The van der Waals surface area contributed by atoms with Crippen LogP contribution in [0.1, 0.15) is 12.5 Å². The highest BCUT2D eigenvalue weighted by Crippen LogP contribution is 2.25. The maximum atomic E-state index is 12.0. The Morgan fingerprint density at radius 3 is 2.52 bits per heavy atom. The van der Waals surface area contributed by atoms with Gasteiger partial charge >= 0.3 is 11.8 Å². The fourth-order valence-electron chi connectivity index (χ4n) is 2.06. The number of benzene rings is 2. The third kappa shape index (κ3) is 7.10. The van der Waals surface area contributed by atoms with E-state index in [0.29, 0.717) is 28.6 Å². The average molecular weight is 437 g/mol. The minimum absolute atomic E-state index is 0.245. The van der Waals surface area contributed by atoms with Crippen LogP contribution in [0.2, 0.25) is 10.0 Å². The molecule has 2 aromatic carbocycles. The number of likely N-dealkylation sites (N-methyl/N-ethyl adjacent to an activating group) is 1. The quantitative estimate of drug-likeness (QED) is 0.352. The summed E-state index contributed by atoms with van der Waals surface area (Å²) >= 11 is 12.1. The van der Waals surface area contributed by atoms with Gasteiger partial charge in [0.25, 0.3) is 5.91 Å². The van der Waals surface area contributed by atoms with Crippen LogP contribution in [0.15, 0.2) is 47.6 Å². The van der Waals surface area contributed by atoms with Crippen molar-refractivity contribution in [3.05, 3.63) is 58.1 Å². The van der Waals surface area contributed by atoms with Crippen LogP contribution in [0.4, 0.5) is 5.69 Å². The first kappa shape index (κ1) is 22.2. The summed E-state index contributed by atoms with van der Waals surface area (Å²) in [5, 5.41) is 9.33. The van der Waals surface area contributed by atoms with Crippen LogP contribution in [-0.4, -0.2) is 37.1 Å². The number of halogens is 2. The van der Waals surface area contributed by atoms with Crippen LogP contribution in [-0.2, 0) is 14.4 Å². The molecule has 0 heterocycles. The second-order valence-corrected chi connectivity index (χ2v) is 6.38. The largest absolute Gasteiger partial charge is 0.482 e. The summed E-state index contributed by atoms with van der Waals surface area (Å²) in [7, 11) is 0. The number of hydrazone groups is 1. The van der Waals surface area contributed by atoms with Crippen molar-refractivity contribution in [2.75, 3.05) is 18.5 Å². The fraction of sp³-hybridized carbons (Fsp3) is 0.158. The number of hydrogen-bond acceptors (Lipinski definition) is 5. The predicted octanol–water partition coefficient (Wildman–Crippen LogP) is 2.60. The number of nitrogens with one attached hydrogen (secondary N) is 3. The van der Waals surface area contributed by atoms with Gasteiger partial charge in [-0.15, -0.1) is 0 Å². The highest BCUT2D eigenvalue weighted by atomic mass is 35.5. The molecular formula is C19H18Cl2N4O4. The first-order valence-electron chi connectivity index (χ1n) is 8.48. The van der Waals surface area contributed by atoms with Crippen LogP contribution >= 0.6 is 23.2 Å². The molecule has 0 radical (unpaired) electrons. The lowest BCUT2D eigenvalue weighted by Crippen LogP contribution is -2.37. The molecule has 0 saturated heterocycles. The molecule has 0 aromatic heterocycles. The van der Waals surface area contributed by atoms with Crippen molar-refractivity contribution in [2.45, 2.75) is 6.92 Å². The molecule has 2 rings (SSSR count). The molecule has 0 atom stereocenters. The summed E-state index contributed by atoms with van der Waals surface area (Å²) in [5.74, 6) is -1.75. The van der Waals surface area contributed by atoms with Gasteiger partial charge in [0, 0.05) is 6.54 Å².